The lowest BCUT2D eigenvalue weighted by molar-refractivity contribution is -0.140. The molecule has 0 unspecified atom stereocenters. The van der Waals surface area contributed by atoms with Crippen LogP contribution in [-0.2, 0) is 22.1 Å². The standard InChI is InChI=1S/C20H19F3O3/c1-25-19(24)11-14-4-9-18(26-12-13-2-3-13)17(10-14)15-5-7-16(8-6-15)20(21,22)23/h4-10,13H,2-3,11-12H2,1H3. The summed E-state index contributed by atoms with van der Waals surface area (Å²) >= 11 is 0. The fraction of sp³-hybridized carbons (Fsp3) is 0.350. The molecule has 26 heavy (non-hydrogen) atoms. The molecule has 0 spiro atoms. The van der Waals surface area contributed by atoms with Crippen LogP contribution in [0.1, 0.15) is 24.0 Å². The number of hydrogen-bond donors (Lipinski definition) is 0. The van der Waals surface area contributed by atoms with Crippen LogP contribution in [0.5, 0.6) is 5.75 Å². The van der Waals surface area contributed by atoms with Crippen LogP contribution < -0.4 is 4.74 Å². The Morgan fingerprint density at radius 3 is 2.38 bits per heavy atom. The van der Waals surface area contributed by atoms with E-state index in [0.717, 1.165) is 25.0 Å². The molecule has 138 valence electrons. The predicted octanol–water partition coefficient (Wildman–Crippen LogP) is 4.88. The van der Waals surface area contributed by atoms with Crippen LogP contribution in [0.2, 0.25) is 0 Å². The van der Waals surface area contributed by atoms with Crippen LogP contribution >= 0.6 is 0 Å². The Labute approximate surface area is 149 Å². The van der Waals surface area contributed by atoms with E-state index in [9.17, 15) is 18.0 Å². The molecule has 3 nitrogen and oxygen atoms in total. The molecule has 0 heterocycles. The van der Waals surface area contributed by atoms with Crippen molar-refractivity contribution in [2.45, 2.75) is 25.4 Å². The van der Waals surface area contributed by atoms with E-state index in [1.54, 1.807) is 18.2 Å². The number of hydrogen-bond acceptors (Lipinski definition) is 3. The number of halogens is 3. The largest absolute Gasteiger partial charge is 0.493 e. The van der Waals surface area contributed by atoms with Crippen molar-refractivity contribution in [3.8, 4) is 16.9 Å². The fourth-order valence-corrected chi connectivity index (χ4v) is 2.61. The molecular weight excluding hydrogens is 345 g/mol. The highest BCUT2D eigenvalue weighted by molar-refractivity contribution is 5.76. The van der Waals surface area contributed by atoms with Crippen molar-refractivity contribution in [3.05, 3.63) is 53.6 Å². The van der Waals surface area contributed by atoms with E-state index in [-0.39, 0.29) is 12.4 Å². The molecule has 0 saturated heterocycles. The summed E-state index contributed by atoms with van der Waals surface area (Å²) in [5, 5.41) is 0. The van der Waals surface area contributed by atoms with Crippen molar-refractivity contribution >= 4 is 5.97 Å². The number of methoxy groups -OCH3 is 1. The van der Waals surface area contributed by atoms with Crippen LogP contribution in [0, 0.1) is 5.92 Å². The maximum atomic E-state index is 12.8. The summed E-state index contributed by atoms with van der Waals surface area (Å²) in [5.74, 6) is 0.769. The van der Waals surface area contributed by atoms with Crippen molar-refractivity contribution in [1.29, 1.82) is 0 Å². The molecule has 1 aliphatic rings. The summed E-state index contributed by atoms with van der Waals surface area (Å²) < 4.78 is 48.9. The van der Waals surface area contributed by atoms with Crippen LogP contribution in [0.3, 0.4) is 0 Å². The first-order valence-electron chi connectivity index (χ1n) is 8.37. The molecule has 0 aromatic heterocycles. The highest BCUT2D eigenvalue weighted by atomic mass is 19.4. The minimum Gasteiger partial charge on any atom is -0.493 e. The maximum absolute atomic E-state index is 12.8. The first-order chi connectivity index (χ1) is 12.4. The van der Waals surface area contributed by atoms with Crippen LogP contribution in [-0.4, -0.2) is 19.7 Å². The number of esters is 1. The molecule has 0 N–H and O–H groups in total. The van der Waals surface area contributed by atoms with Gasteiger partial charge in [0.15, 0.2) is 0 Å². The van der Waals surface area contributed by atoms with Crippen LogP contribution in [0.4, 0.5) is 13.2 Å². The van der Waals surface area contributed by atoms with Gasteiger partial charge in [-0.3, -0.25) is 4.79 Å². The Hall–Kier alpha value is -2.50. The van der Waals surface area contributed by atoms with Gasteiger partial charge in [0, 0.05) is 5.56 Å². The van der Waals surface area contributed by atoms with Gasteiger partial charge in [-0.1, -0.05) is 18.2 Å². The van der Waals surface area contributed by atoms with Gasteiger partial charge in [0.1, 0.15) is 5.75 Å². The molecule has 1 aliphatic carbocycles. The predicted molar refractivity (Wildman–Crippen MR) is 90.8 cm³/mol. The minimum absolute atomic E-state index is 0.0903. The van der Waals surface area contributed by atoms with E-state index < -0.39 is 11.7 Å². The number of ether oxygens (including phenoxy) is 2. The lowest BCUT2D eigenvalue weighted by Crippen LogP contribution is -2.06. The Morgan fingerprint density at radius 2 is 1.81 bits per heavy atom. The monoisotopic (exact) mass is 364 g/mol. The summed E-state index contributed by atoms with van der Waals surface area (Å²) in [7, 11) is 1.31. The third kappa shape index (κ3) is 4.56. The zero-order valence-electron chi connectivity index (χ0n) is 14.3. The van der Waals surface area contributed by atoms with E-state index in [2.05, 4.69) is 4.74 Å². The summed E-state index contributed by atoms with van der Waals surface area (Å²) in [6.45, 7) is 0.587. The molecule has 0 radical (unpaired) electrons. The maximum Gasteiger partial charge on any atom is 0.416 e. The van der Waals surface area contributed by atoms with Crippen molar-refractivity contribution in [1.82, 2.24) is 0 Å². The second-order valence-electron chi connectivity index (χ2n) is 6.41. The van der Waals surface area contributed by atoms with Gasteiger partial charge in [-0.25, -0.2) is 0 Å². The summed E-state index contributed by atoms with van der Waals surface area (Å²) in [6, 6.07) is 10.2. The summed E-state index contributed by atoms with van der Waals surface area (Å²) in [4.78, 5) is 11.5. The van der Waals surface area contributed by atoms with Gasteiger partial charge >= 0.3 is 12.1 Å². The van der Waals surface area contributed by atoms with Crippen molar-refractivity contribution in [3.63, 3.8) is 0 Å². The SMILES string of the molecule is COC(=O)Cc1ccc(OCC2CC2)c(-c2ccc(C(F)(F)F)cc2)c1. The molecule has 2 aromatic carbocycles. The van der Waals surface area contributed by atoms with Crippen molar-refractivity contribution in [2.75, 3.05) is 13.7 Å². The van der Waals surface area contributed by atoms with Crippen LogP contribution in [0.25, 0.3) is 11.1 Å². The molecule has 1 fully saturated rings. The van der Waals surface area contributed by atoms with Crippen molar-refractivity contribution < 1.29 is 27.4 Å². The zero-order valence-corrected chi connectivity index (χ0v) is 14.3. The third-order valence-electron chi connectivity index (χ3n) is 4.31. The first kappa shape index (κ1) is 18.3. The average molecular weight is 364 g/mol. The topological polar surface area (TPSA) is 35.5 Å². The Balaban J connectivity index is 1.91. The highest BCUT2D eigenvalue weighted by Gasteiger charge is 2.30. The average Bonchev–Trinajstić information content (AvgIpc) is 3.44. The van der Waals surface area contributed by atoms with E-state index in [1.165, 1.54) is 19.2 Å². The van der Waals surface area contributed by atoms with Gasteiger partial charge in [-0.2, -0.15) is 13.2 Å². The Morgan fingerprint density at radius 1 is 1.12 bits per heavy atom. The molecule has 6 heteroatoms. The Kier molecular flexibility index (Phi) is 5.20. The number of rotatable bonds is 6. The van der Waals surface area contributed by atoms with Gasteiger partial charge < -0.3 is 9.47 Å². The second kappa shape index (κ2) is 7.40. The number of carbonyl (C=O) groups is 1. The minimum atomic E-state index is -4.38. The van der Waals surface area contributed by atoms with Gasteiger partial charge in [-0.15, -0.1) is 0 Å². The number of carbonyl (C=O) groups excluding carboxylic acids is 1. The summed E-state index contributed by atoms with van der Waals surface area (Å²) in [6.07, 6.45) is -2.02. The van der Waals surface area contributed by atoms with E-state index >= 15 is 0 Å². The quantitative estimate of drug-likeness (QED) is 0.686. The van der Waals surface area contributed by atoms with E-state index in [0.29, 0.717) is 35.0 Å². The Bertz CT molecular complexity index is 778. The van der Waals surface area contributed by atoms with Gasteiger partial charge in [0.25, 0.3) is 0 Å². The molecule has 3 rings (SSSR count). The number of benzene rings is 2. The molecule has 1 saturated carbocycles. The molecule has 2 aromatic rings. The van der Waals surface area contributed by atoms with Crippen LogP contribution in [0.15, 0.2) is 42.5 Å². The normalized spacial score (nSPS) is 14.2. The lowest BCUT2D eigenvalue weighted by Gasteiger charge is -2.14. The first-order valence-corrected chi connectivity index (χ1v) is 8.37. The molecule has 0 aliphatic heterocycles. The second-order valence-corrected chi connectivity index (χ2v) is 6.41. The third-order valence-corrected chi connectivity index (χ3v) is 4.31. The van der Waals surface area contributed by atoms with Gasteiger partial charge in [0.05, 0.1) is 25.7 Å². The smallest absolute Gasteiger partial charge is 0.416 e. The van der Waals surface area contributed by atoms with E-state index in [4.69, 9.17) is 4.74 Å². The highest BCUT2D eigenvalue weighted by Crippen LogP contribution is 2.36. The lowest BCUT2D eigenvalue weighted by atomic mass is 9.99. The molecular formula is C20H19F3O3. The fourth-order valence-electron chi connectivity index (χ4n) is 2.61. The van der Waals surface area contributed by atoms with Gasteiger partial charge in [-0.05, 0) is 54.2 Å². The number of alkyl halides is 3. The molecule has 0 bridgehead atoms. The summed E-state index contributed by atoms with van der Waals surface area (Å²) in [5.41, 5.74) is 1.29. The zero-order chi connectivity index (χ0) is 18.7. The van der Waals surface area contributed by atoms with Gasteiger partial charge in [0.2, 0.25) is 0 Å². The molecule has 0 amide bonds. The molecule has 0 atom stereocenters. The van der Waals surface area contributed by atoms with Crippen molar-refractivity contribution in [2.24, 2.45) is 5.92 Å². The van der Waals surface area contributed by atoms with E-state index in [1.807, 2.05) is 0 Å².